The minimum atomic E-state index is -0.764. The van der Waals surface area contributed by atoms with Crippen molar-refractivity contribution in [3.63, 3.8) is 0 Å². The Bertz CT molecular complexity index is 479. The second kappa shape index (κ2) is 6.94. The standard InChI is InChI=1S/C17H25NO3/c1-2-13-7-9-17(21,10-8-13)12-18-16(20)11-14-5-3-4-6-15(14)19/h3-6,13,19,21H,2,7-12H2,1H3,(H,18,20). The van der Waals surface area contributed by atoms with Crippen LogP contribution in [0.3, 0.4) is 0 Å². The third-order valence-electron chi connectivity index (χ3n) is 4.57. The van der Waals surface area contributed by atoms with Crippen LogP contribution in [0, 0.1) is 5.92 Å². The lowest BCUT2D eigenvalue weighted by molar-refractivity contribution is -0.122. The summed E-state index contributed by atoms with van der Waals surface area (Å²) in [6, 6.07) is 6.83. The van der Waals surface area contributed by atoms with Crippen molar-refractivity contribution in [3.05, 3.63) is 29.8 Å². The quantitative estimate of drug-likeness (QED) is 0.780. The van der Waals surface area contributed by atoms with Gasteiger partial charge in [-0.15, -0.1) is 0 Å². The predicted octanol–water partition coefficient (Wildman–Crippen LogP) is 2.38. The summed E-state index contributed by atoms with van der Waals surface area (Å²) in [6.07, 6.45) is 4.87. The van der Waals surface area contributed by atoms with Crippen LogP contribution < -0.4 is 5.32 Å². The van der Waals surface area contributed by atoms with Crippen LogP contribution in [-0.4, -0.2) is 28.3 Å². The first-order valence-electron chi connectivity index (χ1n) is 7.78. The highest BCUT2D eigenvalue weighted by Gasteiger charge is 2.32. The lowest BCUT2D eigenvalue weighted by Gasteiger charge is -2.35. The molecule has 1 amide bonds. The molecule has 0 saturated heterocycles. The van der Waals surface area contributed by atoms with Crippen molar-refractivity contribution in [3.8, 4) is 5.75 Å². The molecule has 1 saturated carbocycles. The molecule has 3 N–H and O–H groups in total. The lowest BCUT2D eigenvalue weighted by atomic mass is 9.78. The molecule has 0 spiro atoms. The molecule has 0 unspecified atom stereocenters. The Morgan fingerprint density at radius 3 is 2.62 bits per heavy atom. The third kappa shape index (κ3) is 4.46. The normalized spacial score (nSPS) is 25.5. The van der Waals surface area contributed by atoms with Gasteiger partial charge in [-0.05, 0) is 37.7 Å². The number of rotatable bonds is 5. The zero-order valence-electron chi connectivity index (χ0n) is 12.6. The summed E-state index contributed by atoms with van der Waals surface area (Å²) in [5.41, 5.74) is -0.156. The molecule has 1 fully saturated rings. The fraction of sp³-hybridized carbons (Fsp3) is 0.588. The van der Waals surface area contributed by atoms with Crippen molar-refractivity contribution < 1.29 is 15.0 Å². The van der Waals surface area contributed by atoms with E-state index in [0.29, 0.717) is 18.0 Å². The van der Waals surface area contributed by atoms with E-state index in [4.69, 9.17) is 0 Å². The maximum absolute atomic E-state index is 11.9. The lowest BCUT2D eigenvalue weighted by Crippen LogP contribution is -2.45. The van der Waals surface area contributed by atoms with Gasteiger partial charge in [0.05, 0.1) is 12.0 Å². The molecule has 1 aliphatic carbocycles. The molecule has 21 heavy (non-hydrogen) atoms. The molecule has 4 nitrogen and oxygen atoms in total. The highest BCUT2D eigenvalue weighted by molar-refractivity contribution is 5.79. The number of carbonyl (C=O) groups excluding carboxylic acids is 1. The van der Waals surface area contributed by atoms with E-state index in [1.165, 1.54) is 0 Å². The summed E-state index contributed by atoms with van der Waals surface area (Å²) in [7, 11) is 0. The number of hydrogen-bond donors (Lipinski definition) is 3. The van der Waals surface area contributed by atoms with E-state index in [2.05, 4.69) is 12.2 Å². The van der Waals surface area contributed by atoms with Gasteiger partial charge >= 0.3 is 0 Å². The number of para-hydroxylation sites is 1. The molecule has 0 aliphatic heterocycles. The van der Waals surface area contributed by atoms with Crippen LogP contribution >= 0.6 is 0 Å². The van der Waals surface area contributed by atoms with E-state index >= 15 is 0 Å². The Hall–Kier alpha value is -1.55. The summed E-state index contributed by atoms with van der Waals surface area (Å²) in [5.74, 6) is 0.680. The van der Waals surface area contributed by atoms with Crippen molar-refractivity contribution >= 4 is 5.91 Å². The molecule has 116 valence electrons. The molecule has 4 heteroatoms. The Balaban J connectivity index is 1.80. The van der Waals surface area contributed by atoms with Gasteiger partial charge in [-0.25, -0.2) is 0 Å². The first-order valence-corrected chi connectivity index (χ1v) is 7.78. The van der Waals surface area contributed by atoms with Gasteiger partial charge in [-0.3, -0.25) is 4.79 Å². The molecule has 1 aliphatic rings. The number of phenolic OH excluding ortho intramolecular Hbond substituents is 1. The topological polar surface area (TPSA) is 69.6 Å². The van der Waals surface area contributed by atoms with Crippen molar-refractivity contribution in [2.24, 2.45) is 5.92 Å². The number of amides is 1. The molecule has 0 radical (unpaired) electrons. The predicted molar refractivity (Wildman–Crippen MR) is 82.0 cm³/mol. The smallest absolute Gasteiger partial charge is 0.224 e. The molecule has 0 aromatic heterocycles. The van der Waals surface area contributed by atoms with E-state index in [-0.39, 0.29) is 18.1 Å². The number of nitrogens with one attached hydrogen (secondary N) is 1. The van der Waals surface area contributed by atoms with Crippen molar-refractivity contribution in [1.82, 2.24) is 5.32 Å². The number of aromatic hydroxyl groups is 1. The number of carbonyl (C=O) groups is 1. The number of hydrogen-bond acceptors (Lipinski definition) is 3. The van der Waals surface area contributed by atoms with E-state index < -0.39 is 5.60 Å². The monoisotopic (exact) mass is 291 g/mol. The number of phenols is 1. The second-order valence-electron chi connectivity index (χ2n) is 6.16. The first kappa shape index (κ1) is 15.8. The van der Waals surface area contributed by atoms with Crippen LogP contribution in [0.15, 0.2) is 24.3 Å². The Morgan fingerprint density at radius 1 is 1.33 bits per heavy atom. The molecule has 0 atom stereocenters. The van der Waals surface area contributed by atoms with Crippen LogP contribution in [0.25, 0.3) is 0 Å². The Kier molecular flexibility index (Phi) is 5.23. The van der Waals surface area contributed by atoms with Gasteiger partial charge in [0.15, 0.2) is 0 Å². The van der Waals surface area contributed by atoms with Gasteiger partial charge in [0, 0.05) is 12.1 Å². The molecule has 0 bridgehead atoms. The largest absolute Gasteiger partial charge is 0.508 e. The molecule has 0 heterocycles. The van der Waals surface area contributed by atoms with E-state index in [1.54, 1.807) is 24.3 Å². The van der Waals surface area contributed by atoms with Gasteiger partial charge < -0.3 is 15.5 Å². The molecular weight excluding hydrogens is 266 g/mol. The molecule has 2 rings (SSSR count). The maximum Gasteiger partial charge on any atom is 0.224 e. The SMILES string of the molecule is CCC1CCC(O)(CNC(=O)Cc2ccccc2O)CC1. The molecule has 1 aromatic carbocycles. The fourth-order valence-corrected chi connectivity index (χ4v) is 2.96. The Labute approximate surface area is 126 Å². The zero-order chi connectivity index (χ0) is 15.3. The van der Waals surface area contributed by atoms with E-state index in [9.17, 15) is 15.0 Å². The third-order valence-corrected chi connectivity index (χ3v) is 4.57. The molecular formula is C17H25NO3. The van der Waals surface area contributed by atoms with Gasteiger partial charge in [0.25, 0.3) is 0 Å². The summed E-state index contributed by atoms with van der Waals surface area (Å²) < 4.78 is 0. The summed E-state index contributed by atoms with van der Waals surface area (Å²) in [4.78, 5) is 11.9. The zero-order valence-corrected chi connectivity index (χ0v) is 12.6. The molecule has 1 aromatic rings. The van der Waals surface area contributed by atoms with Crippen LogP contribution in [0.2, 0.25) is 0 Å². The minimum Gasteiger partial charge on any atom is -0.508 e. The highest BCUT2D eigenvalue weighted by atomic mass is 16.3. The summed E-state index contributed by atoms with van der Waals surface area (Å²) >= 11 is 0. The fourth-order valence-electron chi connectivity index (χ4n) is 2.96. The van der Waals surface area contributed by atoms with Crippen molar-refractivity contribution in [1.29, 1.82) is 0 Å². The van der Waals surface area contributed by atoms with Gasteiger partial charge in [0.1, 0.15) is 5.75 Å². The summed E-state index contributed by atoms with van der Waals surface area (Å²) in [6.45, 7) is 2.49. The average Bonchev–Trinajstić information content (AvgIpc) is 2.49. The van der Waals surface area contributed by atoms with Crippen LogP contribution in [0.5, 0.6) is 5.75 Å². The van der Waals surface area contributed by atoms with Crippen molar-refractivity contribution in [2.45, 2.75) is 51.0 Å². The van der Waals surface area contributed by atoms with Crippen LogP contribution in [-0.2, 0) is 11.2 Å². The van der Waals surface area contributed by atoms with Crippen molar-refractivity contribution in [2.75, 3.05) is 6.54 Å². The maximum atomic E-state index is 11.9. The van der Waals surface area contributed by atoms with Gasteiger partial charge in [0.2, 0.25) is 5.91 Å². The highest BCUT2D eigenvalue weighted by Crippen LogP contribution is 2.33. The van der Waals surface area contributed by atoms with Gasteiger partial charge in [-0.1, -0.05) is 31.5 Å². The summed E-state index contributed by atoms with van der Waals surface area (Å²) in [5, 5.41) is 22.9. The van der Waals surface area contributed by atoms with E-state index in [1.807, 2.05) is 0 Å². The minimum absolute atomic E-state index is 0.134. The van der Waals surface area contributed by atoms with Crippen LogP contribution in [0.1, 0.15) is 44.6 Å². The number of benzene rings is 1. The average molecular weight is 291 g/mol. The van der Waals surface area contributed by atoms with Crippen LogP contribution in [0.4, 0.5) is 0 Å². The Morgan fingerprint density at radius 2 is 2.00 bits per heavy atom. The van der Waals surface area contributed by atoms with E-state index in [0.717, 1.165) is 32.1 Å². The second-order valence-corrected chi connectivity index (χ2v) is 6.16. The first-order chi connectivity index (χ1) is 10.0. The van der Waals surface area contributed by atoms with Gasteiger partial charge in [-0.2, -0.15) is 0 Å². The number of aliphatic hydroxyl groups is 1.